The largest absolute Gasteiger partial charge is 0.507 e. The molecule has 0 unspecified atom stereocenters. The van der Waals surface area contributed by atoms with Crippen molar-refractivity contribution >= 4 is 0 Å². The van der Waals surface area contributed by atoms with E-state index in [-0.39, 0.29) is 6.61 Å². The molecule has 2 aliphatic rings. The number of aromatic hydroxyl groups is 1. The van der Waals surface area contributed by atoms with Crippen LogP contribution in [0, 0.1) is 13.8 Å². The molecular formula is C23H39N3O2. The molecule has 1 atom stereocenters. The van der Waals surface area contributed by atoms with E-state index in [4.69, 9.17) is 0 Å². The molecule has 5 heteroatoms. The Morgan fingerprint density at radius 3 is 2.25 bits per heavy atom. The van der Waals surface area contributed by atoms with Gasteiger partial charge in [0.25, 0.3) is 0 Å². The maximum absolute atomic E-state index is 10.0. The van der Waals surface area contributed by atoms with Gasteiger partial charge >= 0.3 is 0 Å². The van der Waals surface area contributed by atoms with E-state index in [0.717, 1.165) is 43.7 Å². The van der Waals surface area contributed by atoms with Gasteiger partial charge in [-0.15, -0.1) is 0 Å². The minimum absolute atomic E-state index is 0.261. The van der Waals surface area contributed by atoms with Crippen molar-refractivity contribution in [1.82, 2.24) is 14.7 Å². The van der Waals surface area contributed by atoms with Crippen LogP contribution in [0.3, 0.4) is 0 Å². The first-order valence-electron chi connectivity index (χ1n) is 11.0. The lowest BCUT2D eigenvalue weighted by atomic mass is 9.97. The number of phenolic OH excluding ortho intramolecular Hbond substituents is 1. The predicted molar refractivity (Wildman–Crippen MR) is 115 cm³/mol. The van der Waals surface area contributed by atoms with E-state index in [2.05, 4.69) is 40.7 Å². The summed E-state index contributed by atoms with van der Waals surface area (Å²) < 4.78 is 0. The van der Waals surface area contributed by atoms with Gasteiger partial charge in [0.05, 0.1) is 0 Å². The highest BCUT2D eigenvalue weighted by Crippen LogP contribution is 2.27. The minimum atomic E-state index is 0.261. The second-order valence-corrected chi connectivity index (χ2v) is 9.08. The van der Waals surface area contributed by atoms with Crippen LogP contribution in [0.25, 0.3) is 0 Å². The Morgan fingerprint density at radius 2 is 1.68 bits per heavy atom. The molecule has 2 N–H and O–H groups in total. The molecular weight excluding hydrogens is 350 g/mol. The van der Waals surface area contributed by atoms with Crippen LogP contribution in [-0.4, -0.2) is 82.4 Å². The predicted octanol–water partition coefficient (Wildman–Crippen LogP) is 2.75. The third-order valence-electron chi connectivity index (χ3n) is 6.73. The fraction of sp³-hybridized carbons (Fsp3) is 0.739. The van der Waals surface area contributed by atoms with Crippen molar-refractivity contribution < 1.29 is 10.2 Å². The fourth-order valence-corrected chi connectivity index (χ4v) is 5.09. The maximum Gasteiger partial charge on any atom is 0.121 e. The average Bonchev–Trinajstić information content (AvgIpc) is 2.67. The molecule has 1 aromatic rings. The molecule has 5 nitrogen and oxygen atoms in total. The summed E-state index contributed by atoms with van der Waals surface area (Å²) in [5.74, 6) is 0.416. The van der Waals surface area contributed by atoms with Gasteiger partial charge in [-0.05, 0) is 76.7 Å². The van der Waals surface area contributed by atoms with Crippen LogP contribution in [0.5, 0.6) is 5.75 Å². The van der Waals surface area contributed by atoms with E-state index in [1.807, 2.05) is 13.8 Å². The summed E-state index contributed by atoms with van der Waals surface area (Å²) in [6.07, 6.45) is 3.35. The Balaban J connectivity index is 1.61. The van der Waals surface area contributed by atoms with Crippen molar-refractivity contribution in [1.29, 1.82) is 0 Å². The van der Waals surface area contributed by atoms with Crippen molar-refractivity contribution in [3.63, 3.8) is 0 Å². The van der Waals surface area contributed by atoms with Crippen molar-refractivity contribution in [2.24, 2.45) is 0 Å². The quantitative estimate of drug-likeness (QED) is 0.784. The third-order valence-corrected chi connectivity index (χ3v) is 6.73. The molecule has 1 aromatic carbocycles. The number of aliphatic hydroxyl groups is 1. The monoisotopic (exact) mass is 389 g/mol. The number of benzene rings is 1. The summed E-state index contributed by atoms with van der Waals surface area (Å²) in [6, 6.07) is 5.96. The number of hydrogen-bond donors (Lipinski definition) is 2. The van der Waals surface area contributed by atoms with Crippen molar-refractivity contribution in [2.45, 2.75) is 71.6 Å². The number of hydrogen-bond acceptors (Lipinski definition) is 5. The minimum Gasteiger partial charge on any atom is -0.507 e. The van der Waals surface area contributed by atoms with Crippen molar-refractivity contribution in [3.8, 4) is 5.75 Å². The summed E-state index contributed by atoms with van der Waals surface area (Å²) >= 11 is 0. The Labute approximate surface area is 170 Å². The van der Waals surface area contributed by atoms with E-state index >= 15 is 0 Å². The number of nitrogens with zero attached hydrogens (tertiary/aromatic N) is 3. The normalized spacial score (nSPS) is 23.6. The Kier molecular flexibility index (Phi) is 7.37. The van der Waals surface area contributed by atoms with Crippen LogP contribution < -0.4 is 0 Å². The molecule has 2 saturated heterocycles. The number of rotatable bonds is 6. The van der Waals surface area contributed by atoms with Crippen LogP contribution in [0.15, 0.2) is 12.1 Å². The highest BCUT2D eigenvalue weighted by atomic mass is 16.3. The second kappa shape index (κ2) is 9.57. The number of aryl methyl sites for hydroxylation is 2. The molecule has 0 amide bonds. The van der Waals surface area contributed by atoms with Crippen LogP contribution in [0.2, 0.25) is 0 Å². The third kappa shape index (κ3) is 5.07. The van der Waals surface area contributed by atoms with E-state index < -0.39 is 0 Å². The standard InChI is InChI=1S/C23H39N3O2/c1-17(2)25-8-5-21(6-9-25)26-11-10-24(16-22(26)7-12-27)15-20-13-18(3)23(28)19(4)14-20/h13-14,17,21-22,27-28H,5-12,15-16H2,1-4H3/t22-/m0/s1. The molecule has 28 heavy (non-hydrogen) atoms. The smallest absolute Gasteiger partial charge is 0.121 e. The van der Waals surface area contributed by atoms with E-state index in [1.54, 1.807) is 0 Å². The molecule has 2 aliphatic heterocycles. The highest BCUT2D eigenvalue weighted by Gasteiger charge is 2.33. The molecule has 0 aliphatic carbocycles. The summed E-state index contributed by atoms with van der Waals surface area (Å²) in [6.45, 7) is 15.3. The average molecular weight is 390 g/mol. The lowest BCUT2D eigenvalue weighted by molar-refractivity contribution is -0.0000389. The first-order chi connectivity index (χ1) is 13.4. The second-order valence-electron chi connectivity index (χ2n) is 9.08. The Bertz CT molecular complexity index is 618. The number of piperidine rings is 1. The lowest BCUT2D eigenvalue weighted by Crippen LogP contribution is -2.58. The van der Waals surface area contributed by atoms with Crippen LogP contribution in [0.4, 0.5) is 0 Å². The van der Waals surface area contributed by atoms with E-state index in [9.17, 15) is 10.2 Å². The molecule has 158 valence electrons. The van der Waals surface area contributed by atoms with Gasteiger partial charge in [-0.2, -0.15) is 0 Å². The topological polar surface area (TPSA) is 50.2 Å². The van der Waals surface area contributed by atoms with Crippen molar-refractivity contribution in [2.75, 3.05) is 39.3 Å². The lowest BCUT2D eigenvalue weighted by Gasteiger charge is -2.48. The molecule has 0 bridgehead atoms. The molecule has 0 radical (unpaired) electrons. The summed E-state index contributed by atoms with van der Waals surface area (Å²) in [5.41, 5.74) is 3.18. The molecule has 0 spiro atoms. The zero-order valence-electron chi connectivity index (χ0n) is 18.2. The number of likely N-dealkylation sites (tertiary alicyclic amines) is 1. The molecule has 2 heterocycles. The van der Waals surface area contributed by atoms with Crippen LogP contribution in [0.1, 0.15) is 49.8 Å². The number of phenols is 1. The maximum atomic E-state index is 10.0. The molecule has 0 aromatic heterocycles. The summed E-state index contributed by atoms with van der Waals surface area (Å²) in [4.78, 5) is 7.80. The van der Waals surface area contributed by atoms with Gasteiger partial charge in [-0.25, -0.2) is 0 Å². The van der Waals surface area contributed by atoms with Gasteiger partial charge in [0.15, 0.2) is 0 Å². The fourth-order valence-electron chi connectivity index (χ4n) is 5.09. The highest BCUT2D eigenvalue weighted by molar-refractivity contribution is 5.42. The number of aliphatic hydroxyl groups excluding tert-OH is 1. The van der Waals surface area contributed by atoms with E-state index in [0.29, 0.717) is 23.9 Å². The van der Waals surface area contributed by atoms with Gasteiger partial charge in [0, 0.05) is 50.9 Å². The van der Waals surface area contributed by atoms with Crippen LogP contribution in [-0.2, 0) is 6.54 Å². The molecule has 2 fully saturated rings. The Hall–Kier alpha value is -1.14. The van der Waals surface area contributed by atoms with Gasteiger partial charge in [-0.3, -0.25) is 9.80 Å². The van der Waals surface area contributed by atoms with Gasteiger partial charge < -0.3 is 15.1 Å². The summed E-state index contributed by atoms with van der Waals surface area (Å²) in [5, 5.41) is 19.7. The van der Waals surface area contributed by atoms with Gasteiger partial charge in [0.1, 0.15) is 5.75 Å². The first kappa shape index (κ1) is 21.6. The van der Waals surface area contributed by atoms with Gasteiger partial charge in [0.2, 0.25) is 0 Å². The van der Waals surface area contributed by atoms with E-state index in [1.165, 1.54) is 31.5 Å². The van der Waals surface area contributed by atoms with Gasteiger partial charge in [-0.1, -0.05) is 12.1 Å². The zero-order chi connectivity index (χ0) is 20.3. The molecule has 3 rings (SSSR count). The first-order valence-corrected chi connectivity index (χ1v) is 11.0. The van der Waals surface area contributed by atoms with Crippen molar-refractivity contribution in [3.05, 3.63) is 28.8 Å². The molecule has 0 saturated carbocycles. The summed E-state index contributed by atoms with van der Waals surface area (Å²) in [7, 11) is 0. The zero-order valence-corrected chi connectivity index (χ0v) is 18.2. The SMILES string of the molecule is Cc1cc(CN2CCN(C3CCN(C(C)C)CC3)[C@@H](CCO)C2)cc(C)c1O. The number of piperazine rings is 1. The Morgan fingerprint density at radius 1 is 1.04 bits per heavy atom. The van der Waals surface area contributed by atoms with Crippen LogP contribution >= 0.6 is 0 Å².